The molecule has 0 radical (unpaired) electrons. The fourth-order valence-corrected chi connectivity index (χ4v) is 2.78. The number of carbonyl (C=O) groups is 1. The van der Waals surface area contributed by atoms with Crippen molar-refractivity contribution in [3.63, 3.8) is 0 Å². The number of piperidine rings is 1. The van der Waals surface area contributed by atoms with Crippen LogP contribution in [-0.4, -0.2) is 25.7 Å². The van der Waals surface area contributed by atoms with Crippen LogP contribution in [0.15, 0.2) is 18.2 Å². The van der Waals surface area contributed by atoms with Gasteiger partial charge in [-0.3, -0.25) is 4.79 Å². The summed E-state index contributed by atoms with van der Waals surface area (Å²) in [6, 6.07) is 3.74. The SMILES string of the molecule is COC(=O)[C@@]1(c2ccc(F)c(F)c2)CCN[C@@H](C)C1. The molecule has 1 aliphatic heterocycles. The van der Waals surface area contributed by atoms with Gasteiger partial charge in [0.15, 0.2) is 11.6 Å². The van der Waals surface area contributed by atoms with Crippen molar-refractivity contribution in [2.75, 3.05) is 13.7 Å². The van der Waals surface area contributed by atoms with Gasteiger partial charge >= 0.3 is 5.97 Å². The van der Waals surface area contributed by atoms with Crippen molar-refractivity contribution < 1.29 is 18.3 Å². The first-order valence-electron chi connectivity index (χ1n) is 6.27. The Morgan fingerprint density at radius 1 is 1.42 bits per heavy atom. The Morgan fingerprint density at radius 2 is 2.16 bits per heavy atom. The highest BCUT2D eigenvalue weighted by molar-refractivity contribution is 5.83. The number of hydrogen-bond acceptors (Lipinski definition) is 3. The monoisotopic (exact) mass is 269 g/mol. The van der Waals surface area contributed by atoms with E-state index in [1.165, 1.54) is 13.2 Å². The minimum atomic E-state index is -0.938. The van der Waals surface area contributed by atoms with E-state index < -0.39 is 23.0 Å². The molecule has 104 valence electrons. The van der Waals surface area contributed by atoms with Crippen LogP contribution in [0.2, 0.25) is 0 Å². The lowest BCUT2D eigenvalue weighted by Crippen LogP contribution is -2.50. The largest absolute Gasteiger partial charge is 0.468 e. The summed E-state index contributed by atoms with van der Waals surface area (Å²) in [5.74, 6) is -2.25. The van der Waals surface area contributed by atoms with Crippen molar-refractivity contribution in [2.24, 2.45) is 0 Å². The molecule has 1 heterocycles. The minimum absolute atomic E-state index is 0.112. The summed E-state index contributed by atoms with van der Waals surface area (Å²) in [5, 5.41) is 3.24. The molecule has 1 N–H and O–H groups in total. The zero-order chi connectivity index (χ0) is 14.0. The Morgan fingerprint density at radius 3 is 2.74 bits per heavy atom. The fraction of sp³-hybridized carbons (Fsp3) is 0.500. The Bertz CT molecular complexity index is 492. The van der Waals surface area contributed by atoms with E-state index in [0.29, 0.717) is 24.9 Å². The number of halogens is 2. The molecular weight excluding hydrogens is 252 g/mol. The van der Waals surface area contributed by atoms with E-state index in [1.54, 1.807) is 0 Å². The topological polar surface area (TPSA) is 38.3 Å². The smallest absolute Gasteiger partial charge is 0.316 e. The molecule has 1 aliphatic rings. The van der Waals surface area contributed by atoms with Gasteiger partial charge in [0.2, 0.25) is 0 Å². The second kappa shape index (κ2) is 5.25. The highest BCUT2D eigenvalue weighted by atomic mass is 19.2. The summed E-state index contributed by atoms with van der Waals surface area (Å²) < 4.78 is 31.4. The summed E-state index contributed by atoms with van der Waals surface area (Å²) in [4.78, 5) is 12.2. The molecular formula is C14H17F2NO2. The third-order valence-electron chi connectivity index (χ3n) is 3.75. The quantitative estimate of drug-likeness (QED) is 0.836. The standard InChI is InChI=1S/C14H17F2NO2/c1-9-8-14(5-6-17-9,13(18)19-2)10-3-4-11(15)12(16)7-10/h3-4,7,9,17H,5-6,8H2,1-2H3/t9-,14-/m0/s1. The van der Waals surface area contributed by atoms with Crippen LogP contribution < -0.4 is 5.32 Å². The molecule has 3 nitrogen and oxygen atoms in total. The van der Waals surface area contributed by atoms with Crippen molar-refractivity contribution >= 4 is 5.97 Å². The van der Waals surface area contributed by atoms with Gasteiger partial charge in [0, 0.05) is 6.04 Å². The van der Waals surface area contributed by atoms with Crippen LogP contribution in [0.4, 0.5) is 8.78 Å². The zero-order valence-corrected chi connectivity index (χ0v) is 11.0. The van der Waals surface area contributed by atoms with E-state index >= 15 is 0 Å². The molecule has 0 aromatic heterocycles. The van der Waals surface area contributed by atoms with E-state index in [0.717, 1.165) is 12.1 Å². The lowest BCUT2D eigenvalue weighted by Gasteiger charge is -2.38. The maximum absolute atomic E-state index is 13.4. The molecule has 0 unspecified atom stereocenters. The summed E-state index contributed by atoms with van der Waals surface area (Å²) >= 11 is 0. The second-order valence-electron chi connectivity index (χ2n) is 5.01. The zero-order valence-electron chi connectivity index (χ0n) is 11.0. The number of rotatable bonds is 2. The van der Waals surface area contributed by atoms with Gasteiger partial charge in [-0.1, -0.05) is 6.07 Å². The second-order valence-corrected chi connectivity index (χ2v) is 5.01. The lowest BCUT2D eigenvalue weighted by atomic mass is 9.71. The summed E-state index contributed by atoms with van der Waals surface area (Å²) in [5.41, 5.74) is -0.417. The van der Waals surface area contributed by atoms with Crippen molar-refractivity contribution in [1.82, 2.24) is 5.32 Å². The number of hydrogen-bond donors (Lipinski definition) is 1. The van der Waals surface area contributed by atoms with Gasteiger partial charge in [0.1, 0.15) is 0 Å². The molecule has 0 spiro atoms. The molecule has 2 rings (SSSR count). The van der Waals surface area contributed by atoms with E-state index in [2.05, 4.69) is 5.32 Å². The van der Waals surface area contributed by atoms with Crippen molar-refractivity contribution in [2.45, 2.75) is 31.2 Å². The number of ether oxygens (including phenoxy) is 1. The number of esters is 1. The predicted octanol–water partition coefficient (Wildman–Crippen LogP) is 2.15. The summed E-state index contributed by atoms with van der Waals surface area (Å²) in [6.45, 7) is 2.59. The molecule has 1 saturated heterocycles. The van der Waals surface area contributed by atoms with Crippen LogP contribution in [-0.2, 0) is 14.9 Å². The van der Waals surface area contributed by atoms with E-state index in [9.17, 15) is 13.6 Å². The average molecular weight is 269 g/mol. The first-order chi connectivity index (χ1) is 8.99. The number of benzene rings is 1. The maximum atomic E-state index is 13.4. The Hall–Kier alpha value is -1.49. The highest BCUT2D eigenvalue weighted by Crippen LogP contribution is 2.37. The molecule has 0 aliphatic carbocycles. The van der Waals surface area contributed by atoms with Gasteiger partial charge in [-0.05, 0) is 44.0 Å². The van der Waals surface area contributed by atoms with Crippen molar-refractivity contribution in [1.29, 1.82) is 0 Å². The number of methoxy groups -OCH3 is 1. The Kier molecular flexibility index (Phi) is 3.85. The van der Waals surface area contributed by atoms with Crippen LogP contribution in [0, 0.1) is 11.6 Å². The van der Waals surface area contributed by atoms with E-state index in [4.69, 9.17) is 4.74 Å². The van der Waals surface area contributed by atoms with Gasteiger partial charge in [0.25, 0.3) is 0 Å². The first-order valence-corrected chi connectivity index (χ1v) is 6.27. The summed E-state index contributed by atoms with van der Waals surface area (Å²) in [6.07, 6.45) is 1.01. The van der Waals surface area contributed by atoms with Crippen LogP contribution in [0.1, 0.15) is 25.3 Å². The normalized spacial score (nSPS) is 27.1. The first kappa shape index (κ1) is 13.9. The van der Waals surface area contributed by atoms with Crippen LogP contribution in [0.3, 0.4) is 0 Å². The third-order valence-corrected chi connectivity index (χ3v) is 3.75. The highest BCUT2D eigenvalue weighted by Gasteiger charge is 2.44. The van der Waals surface area contributed by atoms with Gasteiger partial charge in [-0.2, -0.15) is 0 Å². The molecule has 5 heteroatoms. The lowest BCUT2D eigenvalue weighted by molar-refractivity contribution is -0.149. The van der Waals surface area contributed by atoms with Crippen LogP contribution in [0.5, 0.6) is 0 Å². The van der Waals surface area contributed by atoms with Crippen molar-refractivity contribution in [3.8, 4) is 0 Å². The maximum Gasteiger partial charge on any atom is 0.316 e. The molecule has 1 fully saturated rings. The molecule has 0 amide bonds. The van der Waals surface area contributed by atoms with Gasteiger partial charge in [-0.25, -0.2) is 8.78 Å². The Balaban J connectivity index is 2.47. The van der Waals surface area contributed by atoms with Crippen LogP contribution >= 0.6 is 0 Å². The number of carbonyl (C=O) groups excluding carboxylic acids is 1. The van der Waals surface area contributed by atoms with E-state index in [-0.39, 0.29) is 6.04 Å². The Labute approximate surface area is 111 Å². The van der Waals surface area contributed by atoms with Gasteiger partial charge < -0.3 is 10.1 Å². The van der Waals surface area contributed by atoms with Gasteiger partial charge in [-0.15, -0.1) is 0 Å². The molecule has 2 atom stereocenters. The van der Waals surface area contributed by atoms with Crippen LogP contribution in [0.25, 0.3) is 0 Å². The third kappa shape index (κ3) is 2.47. The molecule has 0 bridgehead atoms. The molecule has 0 saturated carbocycles. The predicted molar refractivity (Wildman–Crippen MR) is 66.8 cm³/mol. The fourth-order valence-electron chi connectivity index (χ4n) is 2.78. The van der Waals surface area contributed by atoms with E-state index in [1.807, 2.05) is 6.92 Å². The van der Waals surface area contributed by atoms with Gasteiger partial charge in [0.05, 0.1) is 12.5 Å². The van der Waals surface area contributed by atoms with Crippen molar-refractivity contribution in [3.05, 3.63) is 35.4 Å². The molecule has 1 aromatic rings. The molecule has 1 aromatic carbocycles. The average Bonchev–Trinajstić information content (AvgIpc) is 2.40. The minimum Gasteiger partial charge on any atom is -0.468 e. The summed E-state index contributed by atoms with van der Waals surface area (Å²) in [7, 11) is 1.32. The molecule has 19 heavy (non-hydrogen) atoms. The number of nitrogens with one attached hydrogen (secondary N) is 1.